The molecule has 0 bridgehead atoms. The van der Waals surface area contributed by atoms with Crippen LogP contribution in [0, 0.1) is 5.92 Å². The molecule has 2 N–H and O–H groups in total. The fraction of sp³-hybridized carbons (Fsp3) is 0.464. The Labute approximate surface area is 228 Å². The van der Waals surface area contributed by atoms with Crippen molar-refractivity contribution >= 4 is 30.7 Å². The largest absolute Gasteiger partial charge is 0.602 e. The fourth-order valence-electron chi connectivity index (χ4n) is 4.35. The van der Waals surface area contributed by atoms with Gasteiger partial charge >= 0.3 is 19.1 Å². The first-order valence-corrected chi connectivity index (χ1v) is 13.1. The number of aliphatic hydroxyl groups excluding tert-OH is 1. The quantitative estimate of drug-likeness (QED) is 0.437. The summed E-state index contributed by atoms with van der Waals surface area (Å²) in [7, 11) is -1.32. The molecule has 1 aliphatic heterocycles. The maximum Gasteiger partial charge on any atom is 0.602 e. The third-order valence-corrected chi connectivity index (χ3v) is 6.33. The van der Waals surface area contributed by atoms with Crippen LogP contribution in [-0.4, -0.2) is 65.2 Å². The van der Waals surface area contributed by atoms with Gasteiger partial charge in [-0.25, -0.2) is 4.98 Å². The van der Waals surface area contributed by atoms with Gasteiger partial charge in [-0.2, -0.15) is 0 Å². The van der Waals surface area contributed by atoms with Gasteiger partial charge in [0.05, 0.1) is 11.8 Å². The number of aliphatic hydroxyl groups is 1. The number of nitrogens with one attached hydrogen (secondary N) is 1. The van der Waals surface area contributed by atoms with E-state index >= 15 is 0 Å². The topological polar surface area (TPSA) is 141 Å². The number of carbonyl (C=O) groups excluding carboxylic acids is 4. The summed E-state index contributed by atoms with van der Waals surface area (Å²) in [6, 6.07) is 13.0. The maximum atomic E-state index is 13.4. The number of hydrogen-bond donors (Lipinski definition) is 2. The molecule has 1 fully saturated rings. The monoisotopic (exact) mass is 538 g/mol. The van der Waals surface area contributed by atoms with E-state index in [1.54, 1.807) is 12.1 Å². The van der Waals surface area contributed by atoms with Gasteiger partial charge in [0.2, 0.25) is 0 Å². The third-order valence-electron chi connectivity index (χ3n) is 6.33. The van der Waals surface area contributed by atoms with Crippen molar-refractivity contribution in [2.24, 2.45) is 5.92 Å². The second-order valence-electron chi connectivity index (χ2n) is 10.2. The van der Waals surface area contributed by atoms with Gasteiger partial charge in [0.1, 0.15) is 11.7 Å². The zero-order valence-electron chi connectivity index (χ0n) is 22.8. The molecule has 3 rings (SSSR count). The van der Waals surface area contributed by atoms with Gasteiger partial charge in [-0.1, -0.05) is 50.2 Å². The van der Waals surface area contributed by atoms with Gasteiger partial charge in [0.15, 0.2) is 18.0 Å². The highest BCUT2D eigenvalue weighted by Gasteiger charge is 2.44. The Kier molecular flexibility index (Phi) is 10.4. The molecule has 5 atom stereocenters. The van der Waals surface area contributed by atoms with Crippen molar-refractivity contribution in [1.29, 1.82) is 0 Å². The summed E-state index contributed by atoms with van der Waals surface area (Å²) in [6.45, 7) is 8.16. The minimum atomic E-state index is -1.32. The minimum Gasteiger partial charge on any atom is -0.497 e. The number of rotatable bonds is 10. The van der Waals surface area contributed by atoms with Gasteiger partial charge in [0, 0.05) is 17.8 Å². The lowest BCUT2D eigenvalue weighted by molar-refractivity contribution is -0.167. The predicted octanol–water partition coefficient (Wildman–Crippen LogP) is 2.99. The lowest BCUT2D eigenvalue weighted by atomic mass is 9.64. The second kappa shape index (κ2) is 13.5. The molecule has 0 spiro atoms. The van der Waals surface area contributed by atoms with Gasteiger partial charge in [0.25, 0.3) is 5.91 Å². The molecule has 0 unspecified atom stereocenters. The molecule has 1 amide bonds. The van der Waals surface area contributed by atoms with Crippen molar-refractivity contribution in [1.82, 2.24) is 10.3 Å². The predicted molar refractivity (Wildman–Crippen MR) is 143 cm³/mol. The van der Waals surface area contributed by atoms with Crippen LogP contribution in [0.1, 0.15) is 57.9 Å². The highest BCUT2D eigenvalue weighted by Crippen LogP contribution is 2.29. The highest BCUT2D eigenvalue weighted by atomic mass is 16.7. The Morgan fingerprint density at radius 3 is 2.15 bits per heavy atom. The van der Waals surface area contributed by atoms with Crippen LogP contribution in [0.15, 0.2) is 48.5 Å². The van der Waals surface area contributed by atoms with Gasteiger partial charge in [-0.05, 0) is 45.2 Å². The van der Waals surface area contributed by atoms with Crippen LogP contribution in [0.25, 0.3) is 11.3 Å². The molecule has 39 heavy (non-hydrogen) atoms. The molecule has 0 aliphatic carbocycles. The molecule has 2 aromatic rings. The van der Waals surface area contributed by atoms with E-state index in [0.29, 0.717) is 12.1 Å². The van der Waals surface area contributed by atoms with Gasteiger partial charge < -0.3 is 24.5 Å². The number of ketones is 1. The Hall–Kier alpha value is -3.57. The summed E-state index contributed by atoms with van der Waals surface area (Å²) in [5, 5.41) is 13.0. The van der Waals surface area contributed by atoms with Crippen LogP contribution in [0.4, 0.5) is 0 Å². The van der Waals surface area contributed by atoms with Crippen molar-refractivity contribution in [3.05, 3.63) is 54.2 Å². The number of pyridine rings is 1. The zero-order valence-corrected chi connectivity index (χ0v) is 22.8. The zero-order chi connectivity index (χ0) is 28.7. The molecule has 1 saturated heterocycles. The lowest BCUT2D eigenvalue weighted by Crippen LogP contribution is -2.50. The van der Waals surface area contributed by atoms with Gasteiger partial charge in [-0.3, -0.25) is 19.2 Å². The first kappa shape index (κ1) is 30.0. The molecule has 1 aromatic carbocycles. The van der Waals surface area contributed by atoms with Crippen LogP contribution in [0.2, 0.25) is 5.82 Å². The standard InChI is InChI=1S/C28H35BN2O8/c1-16(2)14-21(29-38-27(35)18(4)37-19(5)28(36)39-29)15-24(33)25(17(3)32)31-26(34)23-13-9-12-22(30-23)20-10-7-6-8-11-20/h6-13,16-19,21,25,32H,14-15H2,1-5H3,(H,31,34)/t17-,18-,19+,21-,25+/m1/s1. The first-order valence-electron chi connectivity index (χ1n) is 13.1. The number of hydrogen-bond acceptors (Lipinski definition) is 9. The van der Waals surface area contributed by atoms with Crippen molar-refractivity contribution in [2.45, 2.75) is 77.6 Å². The second-order valence-corrected chi connectivity index (χ2v) is 10.2. The fourth-order valence-corrected chi connectivity index (χ4v) is 4.35. The minimum absolute atomic E-state index is 0.0567. The summed E-state index contributed by atoms with van der Waals surface area (Å²) in [6.07, 6.45) is -3.06. The number of nitrogens with zero attached hydrogens (tertiary/aromatic N) is 1. The molecule has 208 valence electrons. The van der Waals surface area contributed by atoms with Crippen molar-refractivity contribution < 1.29 is 38.3 Å². The van der Waals surface area contributed by atoms with Crippen LogP contribution in [0.5, 0.6) is 0 Å². The molecule has 1 aromatic heterocycles. The summed E-state index contributed by atoms with van der Waals surface area (Å²) >= 11 is 0. The summed E-state index contributed by atoms with van der Waals surface area (Å²) in [5.74, 6) is -3.22. The van der Waals surface area contributed by atoms with Crippen molar-refractivity contribution in [3.8, 4) is 11.3 Å². The van der Waals surface area contributed by atoms with E-state index in [9.17, 15) is 24.3 Å². The Balaban J connectivity index is 1.79. The molecule has 1 aliphatic rings. The molecular formula is C28H35BN2O8. The Morgan fingerprint density at radius 2 is 1.59 bits per heavy atom. The van der Waals surface area contributed by atoms with E-state index in [0.717, 1.165) is 5.56 Å². The highest BCUT2D eigenvalue weighted by molar-refractivity contribution is 6.51. The first-order chi connectivity index (χ1) is 18.5. The molecule has 2 heterocycles. The lowest BCUT2D eigenvalue weighted by Gasteiger charge is -2.30. The maximum absolute atomic E-state index is 13.4. The smallest absolute Gasteiger partial charge is 0.497 e. The van der Waals surface area contributed by atoms with Crippen LogP contribution < -0.4 is 5.32 Å². The summed E-state index contributed by atoms with van der Waals surface area (Å²) < 4.78 is 16.1. The molecule has 0 saturated carbocycles. The van der Waals surface area contributed by atoms with E-state index in [4.69, 9.17) is 14.0 Å². The van der Waals surface area contributed by atoms with E-state index in [2.05, 4.69) is 10.3 Å². The SMILES string of the molecule is CC(C)C[C@H](CC(=O)[C@@H](NC(=O)c1cccc(-c2ccccc2)n1)[C@@H](C)O)B1OC(=O)[C@H](C)O[C@H](C)C(=O)O1. The normalized spacial score (nSPS) is 20.2. The van der Waals surface area contributed by atoms with Crippen molar-refractivity contribution in [3.63, 3.8) is 0 Å². The number of Topliss-reactive ketones (excluding diaryl/α,β-unsaturated/α-hetero) is 1. The van der Waals surface area contributed by atoms with Crippen LogP contribution >= 0.6 is 0 Å². The number of aromatic nitrogens is 1. The Bertz CT molecular complexity index is 1150. The van der Waals surface area contributed by atoms with Gasteiger partial charge in [-0.15, -0.1) is 0 Å². The number of ether oxygens (including phenoxy) is 1. The summed E-state index contributed by atoms with van der Waals surface area (Å²) in [4.78, 5) is 55.8. The molecule has 10 nitrogen and oxygen atoms in total. The summed E-state index contributed by atoms with van der Waals surface area (Å²) in [5.41, 5.74) is 1.49. The number of carbonyl (C=O) groups is 4. The number of amides is 1. The van der Waals surface area contributed by atoms with Crippen molar-refractivity contribution in [2.75, 3.05) is 0 Å². The van der Waals surface area contributed by atoms with Crippen LogP contribution in [-0.2, 0) is 28.4 Å². The molecule has 11 heteroatoms. The van der Waals surface area contributed by atoms with Crippen LogP contribution in [0.3, 0.4) is 0 Å². The van der Waals surface area contributed by atoms with E-state index < -0.39 is 60.9 Å². The van der Waals surface area contributed by atoms with E-state index in [1.165, 1.54) is 26.8 Å². The van der Waals surface area contributed by atoms with E-state index in [1.807, 2.05) is 44.2 Å². The third kappa shape index (κ3) is 8.21. The Morgan fingerprint density at radius 1 is 0.974 bits per heavy atom. The molecule has 0 radical (unpaired) electrons. The van der Waals surface area contributed by atoms with E-state index in [-0.39, 0.29) is 18.0 Å². The molecular weight excluding hydrogens is 503 g/mol. The number of benzene rings is 1. The average molecular weight is 538 g/mol. The average Bonchev–Trinajstić information content (AvgIpc) is 2.90.